The maximum Gasteiger partial charge on any atom is 0.122 e. The fourth-order valence-electron chi connectivity index (χ4n) is 2.49. The molecule has 0 saturated heterocycles. The molecule has 2 aromatic rings. The van der Waals surface area contributed by atoms with Crippen LogP contribution >= 0.6 is 11.8 Å². The van der Waals surface area contributed by atoms with Crippen molar-refractivity contribution in [2.45, 2.75) is 56.6 Å². The molecule has 5 nitrogen and oxygen atoms in total. The summed E-state index contributed by atoms with van der Waals surface area (Å²) in [5.41, 5.74) is 1.77. The van der Waals surface area contributed by atoms with Crippen LogP contribution in [0.5, 0.6) is 11.5 Å². The maximum absolute atomic E-state index is 10.2. The zero-order chi connectivity index (χ0) is 21.6. The van der Waals surface area contributed by atoms with Gasteiger partial charge in [0.05, 0.1) is 12.7 Å². The first-order valence-corrected chi connectivity index (χ1v) is 10.5. The summed E-state index contributed by atoms with van der Waals surface area (Å²) in [5, 5.41) is 28.4. The van der Waals surface area contributed by atoms with Crippen molar-refractivity contribution in [1.29, 1.82) is 0 Å². The first kappa shape index (κ1) is 23.5. The first-order chi connectivity index (χ1) is 13.6. The zero-order valence-corrected chi connectivity index (χ0v) is 18.6. The van der Waals surface area contributed by atoms with Gasteiger partial charge in [-0.25, -0.2) is 0 Å². The van der Waals surface area contributed by atoms with Crippen molar-refractivity contribution in [2.24, 2.45) is 5.41 Å². The third kappa shape index (κ3) is 7.23. The Labute approximate surface area is 177 Å². The van der Waals surface area contributed by atoms with Crippen LogP contribution in [0.15, 0.2) is 46.2 Å². The molecule has 2 rings (SSSR count). The van der Waals surface area contributed by atoms with Gasteiger partial charge in [0.25, 0.3) is 0 Å². The Bertz CT molecular complexity index is 800. The molecule has 0 fully saturated rings. The SMILES string of the molecule is Cc1cc(Sc2ccc(OCC(O)C(C)(C)C)c(C)c2)ccc1OCC(O)CO. The van der Waals surface area contributed by atoms with E-state index >= 15 is 0 Å². The lowest BCUT2D eigenvalue weighted by molar-refractivity contribution is 0.0216. The van der Waals surface area contributed by atoms with E-state index in [9.17, 15) is 10.2 Å². The second kappa shape index (κ2) is 10.3. The van der Waals surface area contributed by atoms with Crippen molar-refractivity contribution >= 4 is 11.8 Å². The molecule has 0 aliphatic heterocycles. The second-order valence-corrected chi connectivity index (χ2v) is 9.44. The van der Waals surface area contributed by atoms with E-state index in [4.69, 9.17) is 14.6 Å². The van der Waals surface area contributed by atoms with E-state index in [-0.39, 0.29) is 25.2 Å². The maximum atomic E-state index is 10.2. The highest BCUT2D eigenvalue weighted by Crippen LogP contribution is 2.33. The summed E-state index contributed by atoms with van der Waals surface area (Å²) < 4.78 is 11.3. The Morgan fingerprint density at radius 1 is 0.862 bits per heavy atom. The summed E-state index contributed by atoms with van der Waals surface area (Å²) in [5.74, 6) is 1.47. The molecule has 0 aromatic heterocycles. The Morgan fingerprint density at radius 2 is 1.34 bits per heavy atom. The number of hydrogen-bond donors (Lipinski definition) is 3. The predicted molar refractivity (Wildman–Crippen MR) is 116 cm³/mol. The summed E-state index contributed by atoms with van der Waals surface area (Å²) in [6, 6.07) is 11.9. The van der Waals surface area contributed by atoms with Crippen LogP contribution in [0.1, 0.15) is 31.9 Å². The van der Waals surface area contributed by atoms with Gasteiger partial charge >= 0.3 is 0 Å². The monoisotopic (exact) mass is 420 g/mol. The van der Waals surface area contributed by atoms with Crippen LogP contribution in [0, 0.1) is 19.3 Å². The van der Waals surface area contributed by atoms with Gasteiger partial charge < -0.3 is 24.8 Å². The van der Waals surface area contributed by atoms with Gasteiger partial charge in [0, 0.05) is 9.79 Å². The van der Waals surface area contributed by atoms with Gasteiger partial charge in [-0.2, -0.15) is 0 Å². The largest absolute Gasteiger partial charge is 0.491 e. The Hall–Kier alpha value is -1.73. The quantitative estimate of drug-likeness (QED) is 0.570. The van der Waals surface area contributed by atoms with Gasteiger partial charge in [-0.15, -0.1) is 0 Å². The highest BCUT2D eigenvalue weighted by molar-refractivity contribution is 7.99. The molecule has 2 unspecified atom stereocenters. The minimum atomic E-state index is -0.878. The fourth-order valence-corrected chi connectivity index (χ4v) is 3.50. The average molecular weight is 421 g/mol. The topological polar surface area (TPSA) is 79.2 Å². The molecule has 2 atom stereocenters. The molecular formula is C23H32O5S. The standard InChI is InChI=1S/C23H32O5S/c1-15-10-18(6-8-20(15)27-13-17(25)12-24)29-19-7-9-21(16(2)11-19)28-14-22(26)23(3,4)5/h6-11,17,22,24-26H,12-14H2,1-5H3. The number of ether oxygens (including phenoxy) is 2. The highest BCUT2D eigenvalue weighted by atomic mass is 32.2. The number of aryl methyl sites for hydroxylation is 2. The number of hydrogen-bond acceptors (Lipinski definition) is 6. The molecule has 0 aliphatic rings. The molecule has 0 bridgehead atoms. The smallest absolute Gasteiger partial charge is 0.122 e. The van der Waals surface area contributed by atoms with Gasteiger partial charge in [0.15, 0.2) is 0 Å². The first-order valence-electron chi connectivity index (χ1n) is 9.72. The van der Waals surface area contributed by atoms with Gasteiger partial charge in [-0.3, -0.25) is 0 Å². The Kier molecular flexibility index (Phi) is 8.40. The van der Waals surface area contributed by atoms with Crippen molar-refractivity contribution in [2.75, 3.05) is 19.8 Å². The molecule has 0 aliphatic carbocycles. The van der Waals surface area contributed by atoms with Gasteiger partial charge in [-0.1, -0.05) is 32.5 Å². The van der Waals surface area contributed by atoms with Crippen LogP contribution < -0.4 is 9.47 Å². The van der Waals surface area contributed by atoms with E-state index in [1.807, 2.05) is 65.0 Å². The number of aliphatic hydroxyl groups excluding tert-OH is 3. The molecule has 6 heteroatoms. The van der Waals surface area contributed by atoms with E-state index in [2.05, 4.69) is 6.07 Å². The third-order valence-corrected chi connectivity index (χ3v) is 5.55. The second-order valence-electron chi connectivity index (χ2n) is 8.30. The lowest BCUT2D eigenvalue weighted by Gasteiger charge is -2.26. The van der Waals surface area contributed by atoms with Crippen LogP contribution in [-0.4, -0.2) is 47.3 Å². The summed E-state index contributed by atoms with van der Waals surface area (Å²) in [6.45, 7) is 9.92. The minimum absolute atomic E-state index is 0.0639. The van der Waals surface area contributed by atoms with Gasteiger partial charge in [0.2, 0.25) is 0 Å². The lowest BCUT2D eigenvalue weighted by Crippen LogP contribution is -2.32. The van der Waals surface area contributed by atoms with E-state index in [1.54, 1.807) is 11.8 Å². The number of benzene rings is 2. The average Bonchev–Trinajstić information content (AvgIpc) is 2.65. The van der Waals surface area contributed by atoms with Crippen molar-refractivity contribution in [1.82, 2.24) is 0 Å². The molecule has 0 saturated carbocycles. The number of aliphatic hydroxyl groups is 3. The molecule has 0 radical (unpaired) electrons. The van der Waals surface area contributed by atoms with Crippen LogP contribution in [0.25, 0.3) is 0 Å². The highest BCUT2D eigenvalue weighted by Gasteiger charge is 2.22. The normalized spacial score (nSPS) is 13.8. The molecule has 160 valence electrons. The molecular weight excluding hydrogens is 388 g/mol. The summed E-state index contributed by atoms with van der Waals surface area (Å²) >= 11 is 1.64. The molecule has 0 spiro atoms. The molecule has 0 heterocycles. The van der Waals surface area contributed by atoms with Crippen LogP contribution in [0.4, 0.5) is 0 Å². The van der Waals surface area contributed by atoms with Crippen LogP contribution in [-0.2, 0) is 0 Å². The van der Waals surface area contributed by atoms with E-state index in [0.717, 1.165) is 26.7 Å². The zero-order valence-electron chi connectivity index (χ0n) is 17.8. The molecule has 3 N–H and O–H groups in total. The van der Waals surface area contributed by atoms with Crippen molar-refractivity contribution < 1.29 is 24.8 Å². The summed E-state index contributed by atoms with van der Waals surface area (Å²) in [7, 11) is 0. The number of rotatable bonds is 9. The molecule has 2 aromatic carbocycles. The van der Waals surface area contributed by atoms with Crippen LogP contribution in [0.2, 0.25) is 0 Å². The van der Waals surface area contributed by atoms with Crippen LogP contribution in [0.3, 0.4) is 0 Å². The van der Waals surface area contributed by atoms with Crippen molar-refractivity contribution in [3.05, 3.63) is 47.5 Å². The van der Waals surface area contributed by atoms with Crippen molar-refractivity contribution in [3.8, 4) is 11.5 Å². The Balaban J connectivity index is 2.00. The molecule has 0 amide bonds. The summed E-state index contributed by atoms with van der Waals surface area (Å²) in [4.78, 5) is 2.17. The third-order valence-electron chi connectivity index (χ3n) is 4.57. The minimum Gasteiger partial charge on any atom is -0.491 e. The van der Waals surface area contributed by atoms with E-state index in [1.165, 1.54) is 0 Å². The molecule has 29 heavy (non-hydrogen) atoms. The Morgan fingerprint density at radius 3 is 1.76 bits per heavy atom. The van der Waals surface area contributed by atoms with E-state index in [0.29, 0.717) is 5.75 Å². The summed E-state index contributed by atoms with van der Waals surface area (Å²) in [6.07, 6.45) is -1.41. The fraction of sp³-hybridized carbons (Fsp3) is 0.478. The predicted octanol–water partition coefficient (Wildman–Crippen LogP) is 3.97. The van der Waals surface area contributed by atoms with Gasteiger partial charge in [0.1, 0.15) is 30.8 Å². The van der Waals surface area contributed by atoms with E-state index < -0.39 is 12.2 Å². The lowest BCUT2D eigenvalue weighted by atomic mass is 9.90. The van der Waals surface area contributed by atoms with Crippen molar-refractivity contribution in [3.63, 3.8) is 0 Å². The van der Waals surface area contributed by atoms with Gasteiger partial charge in [-0.05, 0) is 66.8 Å².